The van der Waals surface area contributed by atoms with Crippen LogP contribution in [0.3, 0.4) is 0 Å². The number of hydrogen-bond acceptors (Lipinski definition) is 2. The molecule has 0 aliphatic carbocycles. The number of anilines is 1. The molecule has 0 fully saturated rings. The van der Waals surface area contributed by atoms with Crippen LogP contribution in [0, 0.1) is 11.6 Å². The predicted molar refractivity (Wildman–Crippen MR) is 79.1 cm³/mol. The molecule has 2 amide bonds. The molecule has 0 radical (unpaired) electrons. The first kappa shape index (κ1) is 18.4. The van der Waals surface area contributed by atoms with Gasteiger partial charge < -0.3 is 10.6 Å². The van der Waals surface area contributed by atoms with Crippen LogP contribution in [0.2, 0.25) is 0 Å². The lowest BCUT2D eigenvalue weighted by molar-refractivity contribution is -0.123. The Bertz CT molecular complexity index is 805. The number of rotatable bonds is 4. The minimum Gasteiger partial charge on any atom is -0.343 e. The highest BCUT2D eigenvalue weighted by atomic mass is 19.4. The summed E-state index contributed by atoms with van der Waals surface area (Å²) in [5, 5.41) is 3.97. The van der Waals surface area contributed by atoms with Crippen LogP contribution in [0.4, 0.5) is 27.6 Å². The topological polar surface area (TPSA) is 58.2 Å². The number of carbonyl (C=O) groups is 2. The summed E-state index contributed by atoms with van der Waals surface area (Å²) in [6, 6.07) is 7.46. The van der Waals surface area contributed by atoms with Crippen molar-refractivity contribution in [2.45, 2.75) is 6.18 Å². The van der Waals surface area contributed by atoms with Gasteiger partial charge in [0.05, 0.1) is 5.56 Å². The third-order valence-corrected chi connectivity index (χ3v) is 3.01. The molecule has 0 heterocycles. The van der Waals surface area contributed by atoms with Gasteiger partial charge in [0.2, 0.25) is 0 Å². The summed E-state index contributed by atoms with van der Waals surface area (Å²) in [5.41, 5.74) is -0.483. The Morgan fingerprint density at radius 1 is 0.960 bits per heavy atom. The summed E-state index contributed by atoms with van der Waals surface area (Å²) in [6.45, 7) is -1.50. The quantitative estimate of drug-likeness (QED) is 0.822. The van der Waals surface area contributed by atoms with Crippen LogP contribution in [0.15, 0.2) is 42.5 Å². The highest BCUT2D eigenvalue weighted by molar-refractivity contribution is 6.05. The number of benzene rings is 2. The van der Waals surface area contributed by atoms with Crippen LogP contribution < -0.4 is 10.6 Å². The fourth-order valence-corrected chi connectivity index (χ4v) is 1.89. The molecular formula is C16H11F5N2O2. The standard InChI is InChI=1S/C16H11F5N2O2/c17-10-4-5-12(13(18)7-10)15(25)23-11-3-1-2-9(6-11)14(24)22-8-16(19,20)21/h1-7H,8H2,(H,22,24)(H,23,25). The molecule has 9 heteroatoms. The Kier molecular flexibility index (Phi) is 5.35. The lowest BCUT2D eigenvalue weighted by Gasteiger charge is -2.10. The molecule has 2 aromatic rings. The van der Waals surface area contributed by atoms with E-state index in [2.05, 4.69) is 5.32 Å². The first-order chi connectivity index (χ1) is 11.7. The molecule has 0 bridgehead atoms. The Labute approximate surface area is 138 Å². The molecule has 25 heavy (non-hydrogen) atoms. The van der Waals surface area contributed by atoms with E-state index in [1.54, 1.807) is 5.32 Å². The number of alkyl halides is 3. The summed E-state index contributed by atoms with van der Waals surface area (Å²) in [4.78, 5) is 23.6. The molecule has 0 aliphatic heterocycles. The minimum atomic E-state index is -4.55. The van der Waals surface area contributed by atoms with Crippen molar-refractivity contribution in [1.29, 1.82) is 0 Å². The highest BCUT2D eigenvalue weighted by Gasteiger charge is 2.27. The fourth-order valence-electron chi connectivity index (χ4n) is 1.89. The van der Waals surface area contributed by atoms with Gasteiger partial charge in [-0.2, -0.15) is 13.2 Å². The van der Waals surface area contributed by atoms with Crippen LogP contribution in [-0.2, 0) is 0 Å². The van der Waals surface area contributed by atoms with E-state index in [-0.39, 0.29) is 11.3 Å². The zero-order valence-electron chi connectivity index (χ0n) is 12.5. The Morgan fingerprint density at radius 2 is 1.68 bits per heavy atom. The maximum absolute atomic E-state index is 13.6. The van der Waals surface area contributed by atoms with Gasteiger partial charge in [-0.05, 0) is 30.3 Å². The third kappa shape index (κ3) is 5.27. The zero-order valence-corrected chi connectivity index (χ0v) is 12.5. The molecule has 132 valence electrons. The normalized spacial score (nSPS) is 11.1. The van der Waals surface area contributed by atoms with Gasteiger partial charge in [-0.15, -0.1) is 0 Å². The van der Waals surface area contributed by atoms with Gasteiger partial charge in [0, 0.05) is 17.3 Å². The van der Waals surface area contributed by atoms with Crippen molar-refractivity contribution in [3.05, 3.63) is 65.2 Å². The van der Waals surface area contributed by atoms with Gasteiger partial charge in [-0.25, -0.2) is 8.78 Å². The summed E-state index contributed by atoms with van der Waals surface area (Å²) >= 11 is 0. The lowest BCUT2D eigenvalue weighted by Crippen LogP contribution is -2.33. The van der Waals surface area contributed by atoms with E-state index in [9.17, 15) is 31.5 Å². The predicted octanol–water partition coefficient (Wildman–Crippen LogP) is 3.51. The average Bonchev–Trinajstić information content (AvgIpc) is 2.52. The molecule has 0 unspecified atom stereocenters. The van der Waals surface area contributed by atoms with Crippen LogP contribution in [0.5, 0.6) is 0 Å². The van der Waals surface area contributed by atoms with E-state index >= 15 is 0 Å². The Hall–Kier alpha value is -2.97. The molecule has 4 nitrogen and oxygen atoms in total. The van der Waals surface area contributed by atoms with Gasteiger partial charge in [-0.1, -0.05) is 6.07 Å². The SMILES string of the molecule is O=C(NCC(F)(F)F)c1cccc(NC(=O)c2ccc(F)cc2F)c1. The molecule has 0 saturated heterocycles. The van der Waals surface area contributed by atoms with Crippen LogP contribution >= 0.6 is 0 Å². The monoisotopic (exact) mass is 358 g/mol. The second kappa shape index (κ2) is 7.29. The van der Waals surface area contributed by atoms with Gasteiger partial charge in [0.1, 0.15) is 18.2 Å². The van der Waals surface area contributed by atoms with Gasteiger partial charge in [0.15, 0.2) is 0 Å². The van der Waals surface area contributed by atoms with E-state index in [4.69, 9.17) is 0 Å². The van der Waals surface area contributed by atoms with Crippen LogP contribution in [0.25, 0.3) is 0 Å². The van der Waals surface area contributed by atoms with Crippen molar-refractivity contribution in [1.82, 2.24) is 5.32 Å². The number of halogens is 5. The van der Waals surface area contributed by atoms with E-state index in [0.29, 0.717) is 6.07 Å². The van der Waals surface area contributed by atoms with E-state index in [1.165, 1.54) is 18.2 Å². The molecule has 0 spiro atoms. The molecular weight excluding hydrogens is 347 g/mol. The Balaban J connectivity index is 2.10. The smallest absolute Gasteiger partial charge is 0.343 e. The Morgan fingerprint density at radius 3 is 2.32 bits per heavy atom. The third-order valence-electron chi connectivity index (χ3n) is 3.01. The average molecular weight is 358 g/mol. The van der Waals surface area contributed by atoms with E-state index in [0.717, 1.165) is 18.2 Å². The maximum Gasteiger partial charge on any atom is 0.405 e. The number of nitrogens with one attached hydrogen (secondary N) is 2. The van der Waals surface area contributed by atoms with Gasteiger partial charge in [0.25, 0.3) is 11.8 Å². The summed E-state index contributed by atoms with van der Waals surface area (Å²) in [7, 11) is 0. The van der Waals surface area contributed by atoms with Crippen molar-refractivity contribution < 1.29 is 31.5 Å². The van der Waals surface area contributed by atoms with E-state index in [1.807, 2.05) is 0 Å². The van der Waals surface area contributed by atoms with Crippen LogP contribution in [-0.4, -0.2) is 24.5 Å². The first-order valence-electron chi connectivity index (χ1n) is 6.87. The van der Waals surface area contributed by atoms with E-state index < -0.39 is 41.7 Å². The maximum atomic E-state index is 13.6. The van der Waals surface area contributed by atoms with Crippen molar-refractivity contribution in [2.24, 2.45) is 0 Å². The summed E-state index contributed by atoms with van der Waals surface area (Å²) < 4.78 is 62.7. The minimum absolute atomic E-state index is 0.0633. The fraction of sp³-hybridized carbons (Fsp3) is 0.125. The lowest BCUT2D eigenvalue weighted by atomic mass is 10.1. The molecule has 0 aliphatic rings. The number of carbonyl (C=O) groups excluding carboxylic acids is 2. The van der Waals surface area contributed by atoms with Crippen molar-refractivity contribution >= 4 is 17.5 Å². The second-order valence-corrected chi connectivity index (χ2v) is 4.96. The molecule has 0 aromatic heterocycles. The largest absolute Gasteiger partial charge is 0.405 e. The molecule has 2 N–H and O–H groups in total. The van der Waals surface area contributed by atoms with Gasteiger partial charge >= 0.3 is 6.18 Å². The number of hydrogen-bond donors (Lipinski definition) is 2. The molecule has 2 aromatic carbocycles. The number of amides is 2. The summed E-state index contributed by atoms with van der Waals surface area (Å²) in [6.07, 6.45) is -4.55. The van der Waals surface area contributed by atoms with Gasteiger partial charge in [-0.3, -0.25) is 9.59 Å². The zero-order chi connectivity index (χ0) is 18.6. The van der Waals surface area contributed by atoms with Crippen molar-refractivity contribution in [2.75, 3.05) is 11.9 Å². The summed E-state index contributed by atoms with van der Waals surface area (Å²) in [5.74, 6) is -3.80. The highest BCUT2D eigenvalue weighted by Crippen LogP contribution is 2.16. The van der Waals surface area contributed by atoms with Crippen molar-refractivity contribution in [3.8, 4) is 0 Å². The van der Waals surface area contributed by atoms with Crippen LogP contribution in [0.1, 0.15) is 20.7 Å². The first-order valence-corrected chi connectivity index (χ1v) is 6.87. The molecule has 2 rings (SSSR count). The second-order valence-electron chi connectivity index (χ2n) is 4.96. The van der Waals surface area contributed by atoms with Crippen molar-refractivity contribution in [3.63, 3.8) is 0 Å². The molecule has 0 saturated carbocycles. The molecule has 0 atom stereocenters.